The van der Waals surface area contributed by atoms with Gasteiger partial charge in [-0.3, -0.25) is 9.00 Å². The maximum atomic E-state index is 13.5. The van der Waals surface area contributed by atoms with Gasteiger partial charge in [0.25, 0.3) is 5.91 Å². The minimum atomic E-state index is -0.984. The fraction of sp³-hybridized carbons (Fsp3) is 0.417. The first-order valence-corrected chi connectivity index (χ1v) is 7.25. The molecule has 0 aliphatic heterocycles. The Labute approximate surface area is 108 Å². The van der Waals surface area contributed by atoms with Crippen LogP contribution in [-0.4, -0.2) is 35.2 Å². The molecule has 0 fully saturated rings. The highest BCUT2D eigenvalue weighted by atomic mass is 32.2. The van der Waals surface area contributed by atoms with Crippen LogP contribution >= 0.6 is 0 Å². The Morgan fingerprint density at radius 1 is 1.50 bits per heavy atom. The van der Waals surface area contributed by atoms with Crippen molar-refractivity contribution in [2.24, 2.45) is 0 Å². The van der Waals surface area contributed by atoms with Crippen molar-refractivity contribution in [1.82, 2.24) is 5.32 Å². The molecule has 0 aromatic heterocycles. The number of nitrogens with one attached hydrogen (secondary N) is 2. The van der Waals surface area contributed by atoms with Gasteiger partial charge < -0.3 is 10.6 Å². The van der Waals surface area contributed by atoms with Gasteiger partial charge in [0.05, 0.1) is 11.3 Å². The van der Waals surface area contributed by atoms with Gasteiger partial charge in [0.15, 0.2) is 0 Å². The lowest BCUT2D eigenvalue weighted by Crippen LogP contribution is -2.36. The van der Waals surface area contributed by atoms with Crippen molar-refractivity contribution in [3.8, 4) is 0 Å². The fourth-order valence-corrected chi connectivity index (χ4v) is 2.45. The number of carbonyl (C=O) groups is 1. The predicted octanol–water partition coefficient (Wildman–Crippen LogP) is 1.36. The Bertz CT molecular complexity index is 465. The van der Waals surface area contributed by atoms with E-state index < -0.39 is 16.6 Å². The van der Waals surface area contributed by atoms with Crippen LogP contribution in [0.15, 0.2) is 18.2 Å². The van der Waals surface area contributed by atoms with Crippen LogP contribution in [0.3, 0.4) is 0 Å². The van der Waals surface area contributed by atoms with Gasteiger partial charge >= 0.3 is 0 Å². The highest BCUT2D eigenvalue weighted by Gasteiger charge is 2.16. The molecule has 0 radical (unpaired) electrons. The van der Waals surface area contributed by atoms with Crippen molar-refractivity contribution in [3.05, 3.63) is 29.6 Å². The predicted molar refractivity (Wildman–Crippen MR) is 71.8 cm³/mol. The lowest BCUT2D eigenvalue weighted by molar-refractivity contribution is 0.0944. The number of hydrogen-bond acceptors (Lipinski definition) is 3. The van der Waals surface area contributed by atoms with Gasteiger partial charge in [-0.15, -0.1) is 0 Å². The number of amides is 1. The van der Waals surface area contributed by atoms with Crippen molar-refractivity contribution < 1.29 is 13.4 Å². The average molecular weight is 272 g/mol. The van der Waals surface area contributed by atoms with E-state index in [0.717, 1.165) is 0 Å². The number of rotatable bonds is 5. The molecular formula is C12H17FN2O2S. The van der Waals surface area contributed by atoms with E-state index in [1.165, 1.54) is 12.1 Å². The second kappa shape index (κ2) is 6.49. The third-order valence-electron chi connectivity index (χ3n) is 2.37. The highest BCUT2D eigenvalue weighted by molar-refractivity contribution is 7.84. The molecule has 0 saturated heterocycles. The van der Waals surface area contributed by atoms with E-state index in [1.807, 2.05) is 0 Å². The van der Waals surface area contributed by atoms with E-state index >= 15 is 0 Å². The monoisotopic (exact) mass is 272 g/mol. The van der Waals surface area contributed by atoms with Crippen LogP contribution in [0.4, 0.5) is 10.1 Å². The molecule has 18 heavy (non-hydrogen) atoms. The van der Waals surface area contributed by atoms with Crippen molar-refractivity contribution in [3.63, 3.8) is 0 Å². The standard InChI is InChI=1S/C12H17FN2O2S/c1-8(7-18(3)17)15-12(16)9-5-4-6-10(13)11(9)14-2/h4-6,8,14H,7H2,1-3H3,(H,15,16). The first-order chi connectivity index (χ1) is 8.45. The van der Waals surface area contributed by atoms with Gasteiger partial charge in [0.1, 0.15) is 5.82 Å². The smallest absolute Gasteiger partial charge is 0.253 e. The zero-order valence-electron chi connectivity index (χ0n) is 10.6. The summed E-state index contributed by atoms with van der Waals surface area (Å²) in [6.45, 7) is 1.76. The Hall–Kier alpha value is -1.43. The molecule has 1 rings (SSSR count). The summed E-state index contributed by atoms with van der Waals surface area (Å²) in [5, 5.41) is 5.35. The summed E-state index contributed by atoms with van der Waals surface area (Å²) in [6.07, 6.45) is 1.57. The van der Waals surface area contributed by atoms with Gasteiger partial charge in [-0.25, -0.2) is 4.39 Å². The summed E-state index contributed by atoms with van der Waals surface area (Å²) in [4.78, 5) is 12.0. The molecule has 0 saturated carbocycles. The maximum absolute atomic E-state index is 13.5. The van der Waals surface area contributed by atoms with E-state index in [9.17, 15) is 13.4 Å². The molecule has 2 atom stereocenters. The molecule has 1 aromatic carbocycles. The van der Waals surface area contributed by atoms with Gasteiger partial charge in [-0.1, -0.05) is 6.07 Å². The topological polar surface area (TPSA) is 58.2 Å². The van der Waals surface area contributed by atoms with Crippen LogP contribution in [0.25, 0.3) is 0 Å². The molecule has 0 spiro atoms. The molecule has 1 amide bonds. The normalized spacial score (nSPS) is 13.8. The second-order valence-corrected chi connectivity index (χ2v) is 5.51. The molecule has 2 unspecified atom stereocenters. The van der Waals surface area contributed by atoms with E-state index in [1.54, 1.807) is 26.3 Å². The molecule has 0 bridgehead atoms. The zero-order chi connectivity index (χ0) is 13.7. The van der Waals surface area contributed by atoms with E-state index in [4.69, 9.17) is 0 Å². The third kappa shape index (κ3) is 3.80. The summed E-state index contributed by atoms with van der Waals surface area (Å²) in [5.74, 6) is -0.482. The Balaban J connectivity index is 2.84. The SMILES string of the molecule is CNc1c(F)cccc1C(=O)NC(C)CS(C)=O. The summed E-state index contributed by atoms with van der Waals surface area (Å²) in [5.41, 5.74) is 0.408. The van der Waals surface area contributed by atoms with Crippen LogP contribution < -0.4 is 10.6 Å². The zero-order valence-corrected chi connectivity index (χ0v) is 11.4. The van der Waals surface area contributed by atoms with Crippen LogP contribution in [0.5, 0.6) is 0 Å². The number of halogens is 1. The van der Waals surface area contributed by atoms with Crippen molar-refractivity contribution >= 4 is 22.4 Å². The molecule has 4 nitrogen and oxygen atoms in total. The Morgan fingerprint density at radius 3 is 2.72 bits per heavy atom. The number of benzene rings is 1. The van der Waals surface area contributed by atoms with Crippen LogP contribution in [0.1, 0.15) is 17.3 Å². The molecule has 1 aromatic rings. The summed E-state index contributed by atoms with van der Waals surface area (Å²) >= 11 is 0. The third-order valence-corrected chi connectivity index (χ3v) is 3.34. The number of hydrogen-bond donors (Lipinski definition) is 2. The quantitative estimate of drug-likeness (QED) is 0.851. The second-order valence-electron chi connectivity index (χ2n) is 4.03. The van der Waals surface area contributed by atoms with Gasteiger partial charge in [-0.05, 0) is 19.1 Å². The van der Waals surface area contributed by atoms with Gasteiger partial charge in [0.2, 0.25) is 0 Å². The van der Waals surface area contributed by atoms with Crippen LogP contribution in [0.2, 0.25) is 0 Å². The van der Waals surface area contributed by atoms with Gasteiger partial charge in [0, 0.05) is 35.9 Å². The largest absolute Gasteiger partial charge is 0.385 e. The maximum Gasteiger partial charge on any atom is 0.253 e. The molecular weight excluding hydrogens is 255 g/mol. The van der Waals surface area contributed by atoms with Gasteiger partial charge in [-0.2, -0.15) is 0 Å². The first kappa shape index (κ1) is 14.6. The van der Waals surface area contributed by atoms with E-state index in [0.29, 0.717) is 5.75 Å². The molecule has 0 aliphatic rings. The molecule has 2 N–H and O–H groups in total. The summed E-state index contributed by atoms with van der Waals surface area (Å²) in [7, 11) is 0.571. The number of anilines is 1. The summed E-state index contributed by atoms with van der Waals surface area (Å²) in [6, 6.07) is 4.08. The van der Waals surface area contributed by atoms with Crippen molar-refractivity contribution in [2.45, 2.75) is 13.0 Å². The van der Waals surface area contributed by atoms with E-state index in [-0.39, 0.29) is 23.2 Å². The van der Waals surface area contributed by atoms with Crippen molar-refractivity contribution in [1.29, 1.82) is 0 Å². The number of carbonyl (C=O) groups excluding carboxylic acids is 1. The Kier molecular flexibility index (Phi) is 5.27. The van der Waals surface area contributed by atoms with Crippen molar-refractivity contribution in [2.75, 3.05) is 24.4 Å². The first-order valence-electron chi connectivity index (χ1n) is 5.52. The van der Waals surface area contributed by atoms with E-state index in [2.05, 4.69) is 10.6 Å². The molecule has 0 heterocycles. The Morgan fingerprint density at radius 2 is 2.17 bits per heavy atom. The molecule has 6 heteroatoms. The number of para-hydroxylation sites is 1. The lowest BCUT2D eigenvalue weighted by atomic mass is 10.1. The van der Waals surface area contributed by atoms with Crippen LogP contribution in [0, 0.1) is 5.82 Å². The molecule has 100 valence electrons. The summed E-state index contributed by atoms with van der Waals surface area (Å²) < 4.78 is 24.5. The molecule has 0 aliphatic carbocycles. The average Bonchev–Trinajstić information content (AvgIpc) is 2.27. The fourth-order valence-electron chi connectivity index (χ4n) is 1.66. The highest BCUT2D eigenvalue weighted by Crippen LogP contribution is 2.19. The van der Waals surface area contributed by atoms with Crippen LogP contribution in [-0.2, 0) is 10.8 Å². The minimum absolute atomic E-state index is 0.167. The lowest BCUT2D eigenvalue weighted by Gasteiger charge is -2.14. The minimum Gasteiger partial charge on any atom is -0.385 e.